The first-order valence-corrected chi connectivity index (χ1v) is 8.01. The van der Waals surface area contributed by atoms with Gasteiger partial charge in [-0.15, -0.1) is 11.8 Å². The van der Waals surface area contributed by atoms with Crippen molar-refractivity contribution < 1.29 is 4.74 Å². The molecule has 3 nitrogen and oxygen atoms in total. The van der Waals surface area contributed by atoms with Crippen LogP contribution in [0.15, 0.2) is 47.6 Å². The minimum atomic E-state index is 0.800. The highest BCUT2D eigenvalue weighted by Gasteiger charge is 2.04. The standard InChI is InChI=1S/C16H20N2OS/c1-3-9-17-11-13-8-10-18-12-16(13)19-14-4-6-15(20-2)7-5-14/h4-8,10,12,17H,3,9,11H2,1-2H3. The molecule has 0 aliphatic heterocycles. The van der Waals surface area contributed by atoms with Crippen LogP contribution < -0.4 is 10.1 Å². The average molecular weight is 288 g/mol. The molecule has 1 heterocycles. The van der Waals surface area contributed by atoms with Gasteiger partial charge in [0.25, 0.3) is 0 Å². The maximum atomic E-state index is 5.93. The van der Waals surface area contributed by atoms with Crippen molar-refractivity contribution in [3.63, 3.8) is 0 Å². The topological polar surface area (TPSA) is 34.2 Å². The zero-order chi connectivity index (χ0) is 14.2. The first-order chi connectivity index (χ1) is 9.83. The lowest BCUT2D eigenvalue weighted by atomic mass is 10.2. The Labute approximate surface area is 124 Å². The molecule has 0 saturated heterocycles. The molecule has 1 N–H and O–H groups in total. The number of aromatic nitrogens is 1. The van der Waals surface area contributed by atoms with Crippen LogP contribution in [0.5, 0.6) is 11.5 Å². The highest BCUT2D eigenvalue weighted by atomic mass is 32.2. The van der Waals surface area contributed by atoms with Crippen LogP contribution in [-0.4, -0.2) is 17.8 Å². The normalized spacial score (nSPS) is 10.5. The smallest absolute Gasteiger partial charge is 0.150 e. The van der Waals surface area contributed by atoms with Crippen molar-refractivity contribution in [2.45, 2.75) is 24.8 Å². The summed E-state index contributed by atoms with van der Waals surface area (Å²) in [6.07, 6.45) is 6.75. The maximum absolute atomic E-state index is 5.93. The largest absolute Gasteiger partial charge is 0.455 e. The van der Waals surface area contributed by atoms with Gasteiger partial charge < -0.3 is 10.1 Å². The average Bonchev–Trinajstić information content (AvgIpc) is 2.50. The fourth-order valence-corrected chi connectivity index (χ4v) is 2.23. The van der Waals surface area contributed by atoms with Crippen molar-refractivity contribution in [3.05, 3.63) is 48.3 Å². The Morgan fingerprint density at radius 2 is 2.00 bits per heavy atom. The van der Waals surface area contributed by atoms with E-state index in [0.29, 0.717) is 0 Å². The third-order valence-corrected chi connectivity index (χ3v) is 3.64. The molecule has 0 amide bonds. The lowest BCUT2D eigenvalue weighted by Gasteiger charge is -2.11. The second-order valence-electron chi connectivity index (χ2n) is 4.44. The van der Waals surface area contributed by atoms with Gasteiger partial charge in [0.2, 0.25) is 0 Å². The molecular formula is C16H20N2OS. The van der Waals surface area contributed by atoms with Crippen LogP contribution in [0, 0.1) is 0 Å². The highest BCUT2D eigenvalue weighted by Crippen LogP contribution is 2.26. The minimum Gasteiger partial charge on any atom is -0.455 e. The first-order valence-electron chi connectivity index (χ1n) is 6.79. The van der Waals surface area contributed by atoms with Crippen LogP contribution in [0.25, 0.3) is 0 Å². The molecule has 1 aromatic carbocycles. The van der Waals surface area contributed by atoms with Crippen molar-refractivity contribution in [1.29, 1.82) is 0 Å². The van der Waals surface area contributed by atoms with Gasteiger partial charge in [0, 0.05) is 23.2 Å². The number of benzene rings is 1. The summed E-state index contributed by atoms with van der Waals surface area (Å²) in [5, 5.41) is 3.38. The minimum absolute atomic E-state index is 0.800. The molecule has 0 atom stereocenters. The number of rotatable bonds is 7. The maximum Gasteiger partial charge on any atom is 0.150 e. The number of thioether (sulfide) groups is 1. The van der Waals surface area contributed by atoms with E-state index in [1.54, 1.807) is 24.2 Å². The van der Waals surface area contributed by atoms with Crippen molar-refractivity contribution >= 4 is 11.8 Å². The predicted octanol–water partition coefficient (Wildman–Crippen LogP) is 4.10. The van der Waals surface area contributed by atoms with Crippen LogP contribution in [0.1, 0.15) is 18.9 Å². The summed E-state index contributed by atoms with van der Waals surface area (Å²) >= 11 is 1.72. The van der Waals surface area contributed by atoms with E-state index >= 15 is 0 Å². The Morgan fingerprint density at radius 1 is 1.20 bits per heavy atom. The number of nitrogens with zero attached hydrogens (tertiary/aromatic N) is 1. The Hall–Kier alpha value is -1.52. The van der Waals surface area contributed by atoms with Crippen molar-refractivity contribution in [2.75, 3.05) is 12.8 Å². The number of nitrogens with one attached hydrogen (secondary N) is 1. The SMILES string of the molecule is CCCNCc1ccncc1Oc1ccc(SC)cc1. The summed E-state index contributed by atoms with van der Waals surface area (Å²) in [6.45, 7) is 3.96. The van der Waals surface area contributed by atoms with E-state index < -0.39 is 0 Å². The van der Waals surface area contributed by atoms with Crippen LogP contribution in [0.3, 0.4) is 0 Å². The summed E-state index contributed by atoms with van der Waals surface area (Å²) in [6, 6.07) is 10.1. The first kappa shape index (κ1) is 14.9. The van der Waals surface area contributed by atoms with Gasteiger partial charge in [0.05, 0.1) is 6.20 Å². The lowest BCUT2D eigenvalue weighted by molar-refractivity contribution is 0.469. The number of hydrogen-bond donors (Lipinski definition) is 1. The summed E-state index contributed by atoms with van der Waals surface area (Å²) in [5.41, 5.74) is 1.13. The quantitative estimate of drug-likeness (QED) is 0.614. The van der Waals surface area contributed by atoms with Gasteiger partial charge in [-0.1, -0.05) is 6.92 Å². The zero-order valence-corrected chi connectivity index (χ0v) is 12.7. The highest BCUT2D eigenvalue weighted by molar-refractivity contribution is 7.98. The van der Waals surface area contributed by atoms with E-state index in [-0.39, 0.29) is 0 Å². The second kappa shape index (κ2) is 7.92. The van der Waals surface area contributed by atoms with Gasteiger partial charge >= 0.3 is 0 Å². The lowest BCUT2D eigenvalue weighted by Crippen LogP contribution is -2.14. The Morgan fingerprint density at radius 3 is 2.70 bits per heavy atom. The van der Waals surface area contributed by atoms with Gasteiger partial charge in [-0.05, 0) is 49.6 Å². The molecule has 2 aromatic rings. The molecule has 0 saturated carbocycles. The van der Waals surface area contributed by atoms with Gasteiger partial charge in [0.15, 0.2) is 0 Å². The molecule has 0 unspecified atom stereocenters. The van der Waals surface area contributed by atoms with E-state index in [2.05, 4.69) is 35.6 Å². The van der Waals surface area contributed by atoms with Crippen LogP contribution in [0.4, 0.5) is 0 Å². The van der Waals surface area contributed by atoms with Crippen molar-refractivity contribution in [1.82, 2.24) is 10.3 Å². The van der Waals surface area contributed by atoms with Crippen LogP contribution in [0.2, 0.25) is 0 Å². The van der Waals surface area contributed by atoms with Gasteiger partial charge in [-0.2, -0.15) is 0 Å². The Bertz CT molecular complexity index is 528. The Balaban J connectivity index is 2.07. The van der Waals surface area contributed by atoms with Crippen LogP contribution >= 0.6 is 11.8 Å². The van der Waals surface area contributed by atoms with E-state index in [4.69, 9.17) is 4.74 Å². The summed E-state index contributed by atoms with van der Waals surface area (Å²) in [7, 11) is 0. The molecule has 0 fully saturated rings. The molecule has 0 radical (unpaired) electrons. The number of hydrogen-bond acceptors (Lipinski definition) is 4. The number of ether oxygens (including phenoxy) is 1. The third kappa shape index (κ3) is 4.25. The summed E-state index contributed by atoms with van der Waals surface area (Å²) in [5.74, 6) is 1.65. The van der Waals surface area contributed by atoms with E-state index in [1.165, 1.54) is 4.90 Å². The van der Waals surface area contributed by atoms with E-state index in [0.717, 1.165) is 36.6 Å². The summed E-state index contributed by atoms with van der Waals surface area (Å²) in [4.78, 5) is 5.38. The molecular weight excluding hydrogens is 268 g/mol. The van der Waals surface area contributed by atoms with Gasteiger partial charge in [0.1, 0.15) is 11.5 Å². The van der Waals surface area contributed by atoms with Crippen LogP contribution in [-0.2, 0) is 6.54 Å². The molecule has 0 bridgehead atoms. The monoisotopic (exact) mass is 288 g/mol. The van der Waals surface area contributed by atoms with E-state index in [1.807, 2.05) is 18.2 Å². The molecule has 20 heavy (non-hydrogen) atoms. The fraction of sp³-hybridized carbons (Fsp3) is 0.312. The molecule has 0 aliphatic rings. The molecule has 4 heteroatoms. The van der Waals surface area contributed by atoms with Crippen molar-refractivity contribution in [3.8, 4) is 11.5 Å². The van der Waals surface area contributed by atoms with Crippen molar-refractivity contribution in [2.24, 2.45) is 0 Å². The Kier molecular flexibility index (Phi) is 5.89. The molecule has 0 spiro atoms. The summed E-state index contributed by atoms with van der Waals surface area (Å²) < 4.78 is 5.93. The van der Waals surface area contributed by atoms with Gasteiger partial charge in [-0.3, -0.25) is 4.98 Å². The van der Waals surface area contributed by atoms with E-state index in [9.17, 15) is 0 Å². The molecule has 2 rings (SSSR count). The fourth-order valence-electron chi connectivity index (χ4n) is 1.82. The molecule has 0 aliphatic carbocycles. The third-order valence-electron chi connectivity index (χ3n) is 2.90. The second-order valence-corrected chi connectivity index (χ2v) is 5.32. The zero-order valence-electron chi connectivity index (χ0n) is 11.9. The molecule has 1 aromatic heterocycles. The van der Waals surface area contributed by atoms with Gasteiger partial charge in [-0.25, -0.2) is 0 Å². The number of pyridine rings is 1. The predicted molar refractivity (Wildman–Crippen MR) is 84.5 cm³/mol. The molecule has 106 valence electrons.